The Balaban J connectivity index is 2.13. The lowest BCUT2D eigenvalue weighted by Crippen LogP contribution is -2.28. The predicted molar refractivity (Wildman–Crippen MR) is 42.6 cm³/mol. The summed E-state index contributed by atoms with van der Waals surface area (Å²) in [6, 6.07) is -0.194. The van der Waals surface area contributed by atoms with E-state index in [-0.39, 0.29) is 17.7 Å². The first-order valence-electron chi connectivity index (χ1n) is 4.25. The minimum absolute atomic E-state index is 0.000579. The van der Waals surface area contributed by atoms with Gasteiger partial charge in [-0.05, 0) is 19.8 Å². The van der Waals surface area contributed by atoms with Crippen LogP contribution in [0.1, 0.15) is 26.2 Å². The largest absolute Gasteiger partial charge is 0.379 e. The second-order valence-corrected chi connectivity index (χ2v) is 3.75. The van der Waals surface area contributed by atoms with Crippen molar-refractivity contribution in [1.82, 2.24) is 0 Å². The minimum Gasteiger partial charge on any atom is -0.379 e. The van der Waals surface area contributed by atoms with Gasteiger partial charge in [0.2, 0.25) is 0 Å². The molecule has 2 aliphatic heterocycles. The summed E-state index contributed by atoms with van der Waals surface area (Å²) in [6.07, 6.45) is 3.29. The molecule has 60 valence electrons. The summed E-state index contributed by atoms with van der Waals surface area (Å²) >= 11 is 0. The first kappa shape index (κ1) is 7.62. The number of hydrogen-bond donors (Lipinski definition) is 0. The van der Waals surface area contributed by atoms with E-state index >= 15 is 0 Å². The van der Waals surface area contributed by atoms with Gasteiger partial charge in [0.05, 0.1) is 11.7 Å². The molecular weight excluding hydrogens is 139 g/mol. The number of hydrogen-bond acceptors (Lipinski definition) is 2. The molecule has 0 N–H and O–H groups in total. The molecule has 0 spiro atoms. The molecule has 2 rings (SSSR count). The summed E-state index contributed by atoms with van der Waals surface area (Å²) < 4.78 is 11.1. The molecule has 2 unspecified atom stereocenters. The van der Waals surface area contributed by atoms with Crippen molar-refractivity contribution >= 4 is 7.85 Å². The Morgan fingerprint density at radius 1 is 1.55 bits per heavy atom. The van der Waals surface area contributed by atoms with E-state index in [0.29, 0.717) is 0 Å². The van der Waals surface area contributed by atoms with Crippen LogP contribution in [-0.2, 0) is 9.47 Å². The Morgan fingerprint density at radius 3 is 3.18 bits per heavy atom. The minimum atomic E-state index is -0.194. The molecule has 2 aliphatic rings. The molecule has 2 heterocycles. The van der Waals surface area contributed by atoms with E-state index in [4.69, 9.17) is 17.3 Å². The maximum Gasteiger partial charge on any atom is 0.112 e. The highest BCUT2D eigenvalue weighted by molar-refractivity contribution is 6.11. The molecule has 0 aromatic heterocycles. The zero-order chi connectivity index (χ0) is 7.90. The van der Waals surface area contributed by atoms with Gasteiger partial charge in [0, 0.05) is 19.0 Å². The van der Waals surface area contributed by atoms with E-state index in [1.165, 1.54) is 0 Å². The Hall–Kier alpha value is -0.0151. The molecule has 2 saturated heterocycles. The third-order valence-electron chi connectivity index (χ3n) is 2.60. The summed E-state index contributed by atoms with van der Waals surface area (Å²) in [6.45, 7) is 2.97. The van der Waals surface area contributed by atoms with E-state index in [1.807, 2.05) is 0 Å². The van der Waals surface area contributed by atoms with Crippen LogP contribution in [0.15, 0.2) is 0 Å². The van der Waals surface area contributed by atoms with Gasteiger partial charge >= 0.3 is 0 Å². The second kappa shape index (κ2) is 2.49. The summed E-state index contributed by atoms with van der Waals surface area (Å²) in [7, 11) is 5.73. The van der Waals surface area contributed by atoms with Gasteiger partial charge in [-0.3, -0.25) is 0 Å². The quantitative estimate of drug-likeness (QED) is 0.479. The molecule has 2 bridgehead atoms. The smallest absolute Gasteiger partial charge is 0.112 e. The van der Waals surface area contributed by atoms with Crippen LogP contribution >= 0.6 is 0 Å². The van der Waals surface area contributed by atoms with Crippen molar-refractivity contribution < 1.29 is 9.47 Å². The van der Waals surface area contributed by atoms with Crippen molar-refractivity contribution in [2.45, 2.75) is 43.9 Å². The summed E-state index contributed by atoms with van der Waals surface area (Å²) in [5.74, 6) is 0. The van der Waals surface area contributed by atoms with Crippen molar-refractivity contribution in [2.24, 2.45) is 0 Å². The lowest BCUT2D eigenvalue weighted by molar-refractivity contribution is -0.0414. The molecule has 3 heteroatoms. The first-order valence-corrected chi connectivity index (χ1v) is 4.25. The molecular formula is C8H13BO2. The SMILES string of the molecule is [B]C1O[C@@]2(C)CCCOC1C2. The summed E-state index contributed by atoms with van der Waals surface area (Å²) in [4.78, 5) is 0. The van der Waals surface area contributed by atoms with Gasteiger partial charge in [-0.25, -0.2) is 0 Å². The van der Waals surface area contributed by atoms with Crippen LogP contribution in [0.3, 0.4) is 0 Å². The van der Waals surface area contributed by atoms with Gasteiger partial charge < -0.3 is 9.47 Å². The maximum absolute atomic E-state index is 5.73. The number of ether oxygens (including phenoxy) is 2. The lowest BCUT2D eigenvalue weighted by atomic mass is 9.91. The first-order chi connectivity index (χ1) is 5.20. The van der Waals surface area contributed by atoms with Crippen molar-refractivity contribution in [1.29, 1.82) is 0 Å². The van der Waals surface area contributed by atoms with Crippen molar-refractivity contribution in [3.8, 4) is 0 Å². The molecule has 3 atom stereocenters. The van der Waals surface area contributed by atoms with Crippen LogP contribution in [0.2, 0.25) is 0 Å². The second-order valence-electron chi connectivity index (χ2n) is 3.75. The predicted octanol–water partition coefficient (Wildman–Crippen LogP) is 0.839. The molecule has 0 aliphatic carbocycles. The van der Waals surface area contributed by atoms with Gasteiger partial charge in [0.1, 0.15) is 7.85 Å². The summed E-state index contributed by atoms with van der Waals surface area (Å²) in [5, 5.41) is 0. The lowest BCUT2D eigenvalue weighted by Gasteiger charge is -2.23. The molecule has 0 aromatic carbocycles. The zero-order valence-electron chi connectivity index (χ0n) is 6.88. The van der Waals surface area contributed by atoms with Gasteiger partial charge in [0.25, 0.3) is 0 Å². The highest BCUT2D eigenvalue weighted by Gasteiger charge is 2.42. The van der Waals surface area contributed by atoms with E-state index in [1.54, 1.807) is 0 Å². The average molecular weight is 152 g/mol. The van der Waals surface area contributed by atoms with Crippen LogP contribution < -0.4 is 0 Å². The zero-order valence-corrected chi connectivity index (χ0v) is 6.88. The number of rotatable bonds is 0. The highest BCUT2D eigenvalue weighted by Crippen LogP contribution is 2.36. The third-order valence-corrected chi connectivity index (χ3v) is 2.60. The molecule has 11 heavy (non-hydrogen) atoms. The third kappa shape index (κ3) is 1.32. The standard InChI is InChI=1S/C8H13BO2/c1-8-3-2-4-10-6(5-8)7(9)11-8/h6-7H,2-5H2,1H3/t6?,7?,8-/m0/s1. The van der Waals surface area contributed by atoms with E-state index in [9.17, 15) is 0 Å². The van der Waals surface area contributed by atoms with Crippen LogP contribution in [0, 0.1) is 0 Å². The van der Waals surface area contributed by atoms with Gasteiger partial charge in [-0.1, -0.05) is 0 Å². The van der Waals surface area contributed by atoms with Crippen molar-refractivity contribution in [3.05, 3.63) is 0 Å². The van der Waals surface area contributed by atoms with Crippen LogP contribution in [-0.4, -0.2) is 32.2 Å². The molecule has 0 aromatic rings. The van der Waals surface area contributed by atoms with E-state index in [0.717, 1.165) is 25.9 Å². The molecule has 2 nitrogen and oxygen atoms in total. The van der Waals surface area contributed by atoms with Crippen LogP contribution in [0.25, 0.3) is 0 Å². The Labute approximate surface area is 68.7 Å². The van der Waals surface area contributed by atoms with Gasteiger partial charge in [0.15, 0.2) is 0 Å². The molecule has 2 fully saturated rings. The van der Waals surface area contributed by atoms with E-state index in [2.05, 4.69) is 6.92 Å². The van der Waals surface area contributed by atoms with Gasteiger partial charge in [-0.2, -0.15) is 0 Å². The normalized spacial score (nSPS) is 50.6. The van der Waals surface area contributed by atoms with E-state index < -0.39 is 0 Å². The topological polar surface area (TPSA) is 18.5 Å². The van der Waals surface area contributed by atoms with Crippen LogP contribution in [0.5, 0.6) is 0 Å². The molecule has 0 saturated carbocycles. The monoisotopic (exact) mass is 152 g/mol. The maximum atomic E-state index is 5.73. The molecule has 2 radical (unpaired) electrons. The van der Waals surface area contributed by atoms with Crippen molar-refractivity contribution in [3.63, 3.8) is 0 Å². The average Bonchev–Trinajstić information content (AvgIpc) is 2.16. The number of fused-ring (bicyclic) bond motifs is 2. The van der Waals surface area contributed by atoms with Crippen molar-refractivity contribution in [2.75, 3.05) is 6.61 Å². The fourth-order valence-electron chi connectivity index (χ4n) is 1.99. The fourth-order valence-corrected chi connectivity index (χ4v) is 1.99. The summed E-state index contributed by atoms with van der Waals surface area (Å²) in [5.41, 5.74) is 0.000579. The Morgan fingerprint density at radius 2 is 2.36 bits per heavy atom. The highest BCUT2D eigenvalue weighted by atomic mass is 16.6. The van der Waals surface area contributed by atoms with Crippen LogP contribution in [0.4, 0.5) is 0 Å². The molecule has 0 amide bonds. The Bertz CT molecular complexity index is 162. The fraction of sp³-hybridized carbons (Fsp3) is 1.00. The Kier molecular flexibility index (Phi) is 1.73. The van der Waals surface area contributed by atoms with Gasteiger partial charge in [-0.15, -0.1) is 0 Å².